The quantitative estimate of drug-likeness (QED) is 0.614. The molecule has 2 aromatic heterocycles. The Morgan fingerprint density at radius 1 is 1.42 bits per heavy atom. The van der Waals surface area contributed by atoms with Crippen molar-refractivity contribution in [3.63, 3.8) is 0 Å². The Labute approximate surface area is 112 Å². The normalized spacial score (nSPS) is 10.7. The van der Waals surface area contributed by atoms with Gasteiger partial charge in [-0.3, -0.25) is 0 Å². The van der Waals surface area contributed by atoms with E-state index in [2.05, 4.69) is 12.0 Å². The summed E-state index contributed by atoms with van der Waals surface area (Å²) in [5.74, 6) is 0.412. The molecule has 0 bridgehead atoms. The molecular weight excluding hydrogens is 244 g/mol. The smallest absolute Gasteiger partial charge is 0.341 e. The van der Waals surface area contributed by atoms with Crippen LogP contribution in [0.25, 0.3) is 5.52 Å². The van der Waals surface area contributed by atoms with Crippen molar-refractivity contribution in [2.75, 3.05) is 13.7 Å². The van der Waals surface area contributed by atoms with Crippen LogP contribution in [0.5, 0.6) is 5.75 Å². The fraction of sp³-hybridized carbons (Fsp3) is 0.429. The first-order chi connectivity index (χ1) is 9.19. The zero-order chi connectivity index (χ0) is 13.8. The van der Waals surface area contributed by atoms with Gasteiger partial charge < -0.3 is 9.47 Å². The average Bonchev–Trinajstić information content (AvgIpc) is 2.85. The van der Waals surface area contributed by atoms with Crippen molar-refractivity contribution >= 4 is 11.5 Å². The third kappa shape index (κ3) is 2.54. The molecular formula is C14H18N2O3. The minimum absolute atomic E-state index is 0.381. The van der Waals surface area contributed by atoms with Gasteiger partial charge in [0.2, 0.25) is 0 Å². The first-order valence-electron chi connectivity index (χ1n) is 6.37. The van der Waals surface area contributed by atoms with E-state index < -0.39 is 0 Å². The molecule has 19 heavy (non-hydrogen) atoms. The number of fused-ring (bicyclic) bond motifs is 1. The SMILES string of the molecule is CCCCOc1ccc2c(C(=O)OC)cnn2c1C. The number of nitrogens with zero attached hydrogens (tertiary/aromatic N) is 2. The third-order valence-corrected chi connectivity index (χ3v) is 3.03. The van der Waals surface area contributed by atoms with Crippen LogP contribution < -0.4 is 4.74 Å². The lowest BCUT2D eigenvalue weighted by molar-refractivity contribution is 0.0603. The van der Waals surface area contributed by atoms with Crippen molar-refractivity contribution in [3.05, 3.63) is 29.6 Å². The van der Waals surface area contributed by atoms with Crippen LogP contribution in [0, 0.1) is 6.92 Å². The van der Waals surface area contributed by atoms with E-state index in [9.17, 15) is 4.79 Å². The van der Waals surface area contributed by atoms with Crippen LogP contribution >= 0.6 is 0 Å². The highest BCUT2D eigenvalue weighted by atomic mass is 16.5. The lowest BCUT2D eigenvalue weighted by Crippen LogP contribution is -2.04. The Balaban J connectivity index is 2.35. The predicted octanol–water partition coefficient (Wildman–Crippen LogP) is 2.61. The number of rotatable bonds is 5. The number of ether oxygens (including phenoxy) is 2. The maximum absolute atomic E-state index is 11.6. The van der Waals surface area contributed by atoms with E-state index >= 15 is 0 Å². The van der Waals surface area contributed by atoms with E-state index in [1.54, 1.807) is 4.52 Å². The standard InChI is InChI=1S/C14H18N2O3/c1-4-5-8-19-13-7-6-12-11(14(17)18-3)9-15-16(12)10(13)2/h6-7,9H,4-5,8H2,1-3H3. The summed E-state index contributed by atoms with van der Waals surface area (Å²) in [6, 6.07) is 3.70. The maximum atomic E-state index is 11.6. The minimum Gasteiger partial charge on any atom is -0.492 e. The molecule has 102 valence electrons. The molecule has 2 heterocycles. The maximum Gasteiger partial charge on any atom is 0.341 e. The summed E-state index contributed by atoms with van der Waals surface area (Å²) in [5, 5.41) is 4.21. The van der Waals surface area contributed by atoms with Crippen LogP contribution in [-0.2, 0) is 4.74 Å². The molecule has 0 aliphatic carbocycles. The summed E-state index contributed by atoms with van der Waals surface area (Å²) in [7, 11) is 1.36. The van der Waals surface area contributed by atoms with Crippen LogP contribution in [0.2, 0.25) is 0 Å². The molecule has 2 rings (SSSR count). The monoisotopic (exact) mass is 262 g/mol. The molecule has 0 radical (unpaired) electrons. The number of esters is 1. The van der Waals surface area contributed by atoms with Crippen molar-refractivity contribution in [3.8, 4) is 5.75 Å². The summed E-state index contributed by atoms with van der Waals surface area (Å²) in [6.45, 7) is 4.73. The van der Waals surface area contributed by atoms with Gasteiger partial charge in [-0.1, -0.05) is 13.3 Å². The Morgan fingerprint density at radius 2 is 2.21 bits per heavy atom. The molecule has 0 aliphatic heterocycles. The predicted molar refractivity (Wildman–Crippen MR) is 71.7 cm³/mol. The van der Waals surface area contributed by atoms with Crippen LogP contribution in [0.4, 0.5) is 0 Å². The number of aryl methyl sites for hydroxylation is 1. The van der Waals surface area contributed by atoms with Crippen LogP contribution in [0.3, 0.4) is 0 Å². The van der Waals surface area contributed by atoms with E-state index in [1.807, 2.05) is 19.1 Å². The summed E-state index contributed by atoms with van der Waals surface area (Å²) < 4.78 is 12.1. The van der Waals surface area contributed by atoms with Crippen molar-refractivity contribution in [2.45, 2.75) is 26.7 Å². The molecule has 0 spiro atoms. The van der Waals surface area contributed by atoms with Gasteiger partial charge in [0.25, 0.3) is 0 Å². The van der Waals surface area contributed by atoms with E-state index in [0.29, 0.717) is 12.2 Å². The van der Waals surface area contributed by atoms with Crippen molar-refractivity contribution in [2.24, 2.45) is 0 Å². The van der Waals surface area contributed by atoms with E-state index in [-0.39, 0.29) is 5.97 Å². The van der Waals surface area contributed by atoms with Crippen molar-refractivity contribution in [1.82, 2.24) is 9.61 Å². The molecule has 2 aromatic rings. The Morgan fingerprint density at radius 3 is 2.89 bits per heavy atom. The highest BCUT2D eigenvalue weighted by molar-refractivity contribution is 5.96. The number of aromatic nitrogens is 2. The fourth-order valence-electron chi connectivity index (χ4n) is 1.91. The number of carbonyl (C=O) groups is 1. The van der Waals surface area contributed by atoms with Gasteiger partial charge in [0.15, 0.2) is 0 Å². The molecule has 5 heteroatoms. The average molecular weight is 262 g/mol. The number of carbonyl (C=O) groups excluding carboxylic acids is 1. The zero-order valence-corrected chi connectivity index (χ0v) is 11.5. The Bertz CT molecular complexity index is 590. The van der Waals surface area contributed by atoms with E-state index in [1.165, 1.54) is 13.3 Å². The zero-order valence-electron chi connectivity index (χ0n) is 11.5. The van der Waals surface area contributed by atoms with Crippen LogP contribution in [0.1, 0.15) is 35.8 Å². The first-order valence-corrected chi connectivity index (χ1v) is 6.37. The molecule has 0 aliphatic rings. The minimum atomic E-state index is -0.381. The first kappa shape index (κ1) is 13.4. The molecule has 0 amide bonds. The molecule has 5 nitrogen and oxygen atoms in total. The fourth-order valence-corrected chi connectivity index (χ4v) is 1.91. The molecule has 0 fully saturated rings. The second-order valence-corrected chi connectivity index (χ2v) is 4.33. The molecule has 0 saturated carbocycles. The number of unbranched alkanes of at least 4 members (excludes halogenated alkanes) is 1. The molecule has 0 atom stereocenters. The van der Waals surface area contributed by atoms with Gasteiger partial charge in [-0.2, -0.15) is 5.10 Å². The number of hydrogen-bond donors (Lipinski definition) is 0. The van der Waals surface area contributed by atoms with E-state index in [4.69, 9.17) is 9.47 Å². The van der Waals surface area contributed by atoms with Gasteiger partial charge in [-0.25, -0.2) is 9.31 Å². The van der Waals surface area contributed by atoms with Crippen LogP contribution in [-0.4, -0.2) is 29.3 Å². The molecule has 0 N–H and O–H groups in total. The summed E-state index contributed by atoms with van der Waals surface area (Å²) in [5.41, 5.74) is 2.07. The summed E-state index contributed by atoms with van der Waals surface area (Å²) in [6.07, 6.45) is 3.63. The number of methoxy groups -OCH3 is 1. The topological polar surface area (TPSA) is 52.8 Å². The lowest BCUT2D eigenvalue weighted by atomic mass is 10.2. The Hall–Kier alpha value is -2.04. The van der Waals surface area contributed by atoms with Gasteiger partial charge in [0.05, 0.1) is 31.1 Å². The van der Waals surface area contributed by atoms with Gasteiger partial charge in [0, 0.05) is 0 Å². The van der Waals surface area contributed by atoms with Gasteiger partial charge in [-0.15, -0.1) is 0 Å². The van der Waals surface area contributed by atoms with Gasteiger partial charge in [-0.05, 0) is 25.5 Å². The second kappa shape index (κ2) is 5.73. The summed E-state index contributed by atoms with van der Waals surface area (Å²) in [4.78, 5) is 11.6. The molecule has 0 saturated heterocycles. The molecule has 0 unspecified atom stereocenters. The largest absolute Gasteiger partial charge is 0.492 e. The van der Waals surface area contributed by atoms with Gasteiger partial charge >= 0.3 is 5.97 Å². The van der Waals surface area contributed by atoms with Crippen molar-refractivity contribution < 1.29 is 14.3 Å². The van der Waals surface area contributed by atoms with Gasteiger partial charge in [0.1, 0.15) is 11.3 Å². The molecule has 0 aromatic carbocycles. The van der Waals surface area contributed by atoms with Crippen LogP contribution in [0.15, 0.2) is 18.3 Å². The summed E-state index contributed by atoms with van der Waals surface area (Å²) >= 11 is 0. The second-order valence-electron chi connectivity index (χ2n) is 4.33. The lowest BCUT2D eigenvalue weighted by Gasteiger charge is -2.10. The number of hydrogen-bond acceptors (Lipinski definition) is 4. The third-order valence-electron chi connectivity index (χ3n) is 3.03. The highest BCUT2D eigenvalue weighted by Gasteiger charge is 2.15. The Kier molecular flexibility index (Phi) is 4.04. The highest BCUT2D eigenvalue weighted by Crippen LogP contribution is 2.22. The number of pyridine rings is 1. The van der Waals surface area contributed by atoms with E-state index in [0.717, 1.165) is 29.8 Å². The van der Waals surface area contributed by atoms with Crippen molar-refractivity contribution in [1.29, 1.82) is 0 Å².